The fourth-order valence-electron chi connectivity index (χ4n) is 3.83. The first-order valence-electron chi connectivity index (χ1n) is 9.02. The first-order chi connectivity index (χ1) is 12.5. The minimum absolute atomic E-state index is 0.00574. The van der Waals surface area contributed by atoms with Crippen molar-refractivity contribution in [2.24, 2.45) is 11.8 Å². The second kappa shape index (κ2) is 7.85. The number of rotatable bonds is 3. The largest absolute Gasteiger partial charge is 0.481 e. The molecule has 2 fully saturated rings. The molecule has 6 nitrogen and oxygen atoms in total. The molecule has 1 N–H and O–H groups in total. The third-order valence-corrected chi connectivity index (χ3v) is 5.32. The van der Waals surface area contributed by atoms with Crippen LogP contribution in [0.25, 0.3) is 0 Å². The lowest BCUT2D eigenvalue weighted by molar-refractivity contribution is -0.146. The van der Waals surface area contributed by atoms with Crippen LogP contribution in [0.5, 0.6) is 0 Å². The van der Waals surface area contributed by atoms with Gasteiger partial charge in [0, 0.05) is 37.7 Å². The Morgan fingerprint density at radius 3 is 2.31 bits per heavy atom. The Balaban J connectivity index is 1.55. The van der Waals surface area contributed by atoms with Crippen LogP contribution in [-0.2, 0) is 9.59 Å². The van der Waals surface area contributed by atoms with E-state index < -0.39 is 17.7 Å². The zero-order valence-electron chi connectivity index (χ0n) is 14.6. The quantitative estimate of drug-likeness (QED) is 0.892. The van der Waals surface area contributed by atoms with E-state index in [1.807, 2.05) is 0 Å². The maximum absolute atomic E-state index is 13.3. The Labute approximate surface area is 151 Å². The van der Waals surface area contributed by atoms with Gasteiger partial charge in [-0.3, -0.25) is 14.4 Å². The van der Waals surface area contributed by atoms with Gasteiger partial charge in [-0.25, -0.2) is 4.39 Å². The Hall–Kier alpha value is -2.44. The summed E-state index contributed by atoms with van der Waals surface area (Å²) in [5, 5.41) is 9.18. The van der Waals surface area contributed by atoms with Gasteiger partial charge in [0.2, 0.25) is 5.91 Å². The highest BCUT2D eigenvalue weighted by Crippen LogP contribution is 2.30. The van der Waals surface area contributed by atoms with E-state index in [2.05, 4.69) is 0 Å². The van der Waals surface area contributed by atoms with Gasteiger partial charge in [0.1, 0.15) is 5.82 Å². The van der Waals surface area contributed by atoms with E-state index in [9.17, 15) is 23.9 Å². The van der Waals surface area contributed by atoms with Crippen molar-refractivity contribution in [3.63, 3.8) is 0 Å². The molecular weight excluding hydrogens is 339 g/mol. The van der Waals surface area contributed by atoms with Gasteiger partial charge in [-0.15, -0.1) is 0 Å². The zero-order chi connectivity index (χ0) is 18.7. The number of nitrogens with zero attached hydrogens (tertiary/aromatic N) is 2. The van der Waals surface area contributed by atoms with Gasteiger partial charge >= 0.3 is 5.97 Å². The molecule has 0 spiro atoms. The predicted molar refractivity (Wildman–Crippen MR) is 92.0 cm³/mol. The molecule has 2 aliphatic rings. The van der Waals surface area contributed by atoms with Crippen molar-refractivity contribution in [3.05, 3.63) is 35.6 Å². The fourth-order valence-corrected chi connectivity index (χ4v) is 3.83. The van der Waals surface area contributed by atoms with Crippen molar-refractivity contribution in [3.8, 4) is 0 Å². The molecule has 1 aliphatic heterocycles. The molecular formula is C19H23FN2O4. The second-order valence-electron chi connectivity index (χ2n) is 7.03. The van der Waals surface area contributed by atoms with Gasteiger partial charge in [-0.05, 0) is 37.5 Å². The third kappa shape index (κ3) is 4.03. The number of piperazine rings is 1. The molecule has 2 unspecified atom stereocenters. The van der Waals surface area contributed by atoms with E-state index in [1.165, 1.54) is 18.2 Å². The molecule has 2 amide bonds. The molecule has 140 valence electrons. The first kappa shape index (κ1) is 18.4. The Morgan fingerprint density at radius 1 is 1.00 bits per heavy atom. The van der Waals surface area contributed by atoms with Crippen LogP contribution in [0.1, 0.15) is 36.0 Å². The SMILES string of the molecule is O=C(O)C1CCCC(C(=O)N2CCN(C(=O)c3cccc(F)c3)CC2)C1. The molecule has 0 aromatic heterocycles. The van der Waals surface area contributed by atoms with Gasteiger partial charge in [0.25, 0.3) is 5.91 Å². The summed E-state index contributed by atoms with van der Waals surface area (Å²) in [4.78, 5) is 39.7. The van der Waals surface area contributed by atoms with Crippen molar-refractivity contribution >= 4 is 17.8 Å². The summed E-state index contributed by atoms with van der Waals surface area (Å²) in [6, 6.07) is 5.59. The van der Waals surface area contributed by atoms with Crippen molar-refractivity contribution in [1.29, 1.82) is 0 Å². The fraction of sp³-hybridized carbons (Fsp3) is 0.526. The average molecular weight is 362 g/mol. The Bertz CT molecular complexity index is 701. The highest BCUT2D eigenvalue weighted by molar-refractivity contribution is 5.94. The second-order valence-corrected chi connectivity index (χ2v) is 7.03. The molecule has 26 heavy (non-hydrogen) atoms. The number of benzene rings is 1. The van der Waals surface area contributed by atoms with Crippen molar-refractivity contribution in [2.45, 2.75) is 25.7 Å². The lowest BCUT2D eigenvalue weighted by atomic mass is 9.80. The molecule has 0 radical (unpaired) electrons. The Morgan fingerprint density at radius 2 is 1.65 bits per heavy atom. The van der Waals surface area contributed by atoms with Crippen molar-refractivity contribution < 1.29 is 23.9 Å². The molecule has 2 atom stereocenters. The van der Waals surface area contributed by atoms with Crippen LogP contribution in [0.15, 0.2) is 24.3 Å². The van der Waals surface area contributed by atoms with E-state index in [0.717, 1.165) is 12.8 Å². The number of hydrogen-bond donors (Lipinski definition) is 1. The summed E-state index contributed by atoms with van der Waals surface area (Å²) < 4.78 is 13.3. The monoisotopic (exact) mass is 362 g/mol. The molecule has 1 aromatic rings. The van der Waals surface area contributed by atoms with Gasteiger partial charge in [-0.1, -0.05) is 12.5 Å². The average Bonchev–Trinajstić information content (AvgIpc) is 2.67. The van der Waals surface area contributed by atoms with E-state index in [1.54, 1.807) is 15.9 Å². The summed E-state index contributed by atoms with van der Waals surface area (Å²) in [6.45, 7) is 1.65. The lowest BCUT2D eigenvalue weighted by Gasteiger charge is -2.37. The van der Waals surface area contributed by atoms with Gasteiger partial charge in [0.15, 0.2) is 0 Å². The molecule has 1 aromatic carbocycles. The highest BCUT2D eigenvalue weighted by Gasteiger charge is 2.34. The smallest absolute Gasteiger partial charge is 0.306 e. The minimum atomic E-state index is -0.826. The molecule has 1 heterocycles. The van der Waals surface area contributed by atoms with Crippen molar-refractivity contribution in [2.75, 3.05) is 26.2 Å². The third-order valence-electron chi connectivity index (χ3n) is 5.32. The van der Waals surface area contributed by atoms with E-state index in [-0.39, 0.29) is 17.7 Å². The van der Waals surface area contributed by atoms with Gasteiger partial charge < -0.3 is 14.9 Å². The molecule has 1 saturated carbocycles. The number of hydrogen-bond acceptors (Lipinski definition) is 3. The van der Waals surface area contributed by atoms with Crippen LogP contribution in [-0.4, -0.2) is 58.9 Å². The maximum atomic E-state index is 13.3. The molecule has 7 heteroatoms. The van der Waals surface area contributed by atoms with E-state index >= 15 is 0 Å². The van der Waals surface area contributed by atoms with Crippen LogP contribution >= 0.6 is 0 Å². The molecule has 1 aliphatic carbocycles. The molecule has 0 bridgehead atoms. The summed E-state index contributed by atoms with van der Waals surface area (Å²) in [7, 11) is 0. The van der Waals surface area contributed by atoms with E-state index in [4.69, 9.17) is 0 Å². The molecule has 3 rings (SSSR count). The maximum Gasteiger partial charge on any atom is 0.306 e. The Kier molecular flexibility index (Phi) is 5.54. The minimum Gasteiger partial charge on any atom is -0.481 e. The number of carboxylic acids is 1. The van der Waals surface area contributed by atoms with Crippen LogP contribution in [0.3, 0.4) is 0 Å². The molecule has 1 saturated heterocycles. The lowest BCUT2D eigenvalue weighted by Crippen LogP contribution is -2.52. The standard InChI is InChI=1S/C19H23FN2O4/c20-16-6-2-4-14(12-16)18(24)22-9-7-21(8-10-22)17(23)13-3-1-5-15(11-13)19(25)26/h2,4,6,12-13,15H,1,3,5,7-11H2,(H,25,26). The number of carboxylic acid groups (broad SMARTS) is 1. The zero-order valence-corrected chi connectivity index (χ0v) is 14.6. The first-order valence-corrected chi connectivity index (χ1v) is 9.02. The number of amides is 2. The summed E-state index contributed by atoms with van der Waals surface area (Å²) >= 11 is 0. The number of carbonyl (C=O) groups excluding carboxylic acids is 2. The van der Waals surface area contributed by atoms with Crippen LogP contribution < -0.4 is 0 Å². The number of halogens is 1. The van der Waals surface area contributed by atoms with Crippen LogP contribution in [0.4, 0.5) is 4.39 Å². The number of carbonyl (C=O) groups is 3. The normalized spacial score (nSPS) is 23.6. The van der Waals surface area contributed by atoms with Crippen LogP contribution in [0, 0.1) is 17.7 Å². The van der Waals surface area contributed by atoms with Gasteiger partial charge in [0.05, 0.1) is 5.92 Å². The summed E-state index contributed by atoms with van der Waals surface area (Å²) in [6.07, 6.45) is 2.52. The highest BCUT2D eigenvalue weighted by atomic mass is 19.1. The van der Waals surface area contributed by atoms with E-state index in [0.29, 0.717) is 44.6 Å². The summed E-state index contributed by atoms with van der Waals surface area (Å²) in [5.74, 6) is -2.19. The van der Waals surface area contributed by atoms with Gasteiger partial charge in [-0.2, -0.15) is 0 Å². The number of aliphatic carboxylic acids is 1. The predicted octanol–water partition coefficient (Wildman–Crippen LogP) is 2.00. The van der Waals surface area contributed by atoms with Crippen LogP contribution in [0.2, 0.25) is 0 Å². The topological polar surface area (TPSA) is 77.9 Å². The van der Waals surface area contributed by atoms with Crippen molar-refractivity contribution in [1.82, 2.24) is 9.80 Å². The summed E-state index contributed by atoms with van der Waals surface area (Å²) in [5.41, 5.74) is 0.307.